The maximum Gasteiger partial charge on any atom is 0.330 e. The monoisotopic (exact) mass is 246 g/mol. The van der Waals surface area contributed by atoms with Gasteiger partial charge in [-0.1, -0.05) is 11.6 Å². The van der Waals surface area contributed by atoms with E-state index >= 15 is 0 Å². The number of nitrogens with one attached hydrogen (secondary N) is 1. The van der Waals surface area contributed by atoms with Crippen LogP contribution in [-0.2, 0) is 4.74 Å². The third-order valence-corrected chi connectivity index (χ3v) is 2.91. The molecule has 2 atom stereocenters. The van der Waals surface area contributed by atoms with Gasteiger partial charge in [0, 0.05) is 12.3 Å². The van der Waals surface area contributed by atoms with Crippen molar-refractivity contribution < 1.29 is 9.84 Å². The summed E-state index contributed by atoms with van der Waals surface area (Å²) in [5.74, 6) is 0. The van der Waals surface area contributed by atoms with Crippen LogP contribution < -0.4 is 11.2 Å². The lowest BCUT2D eigenvalue weighted by atomic mass is 10.2. The van der Waals surface area contributed by atoms with Crippen LogP contribution in [0.2, 0.25) is 0 Å². The first kappa shape index (κ1) is 11.4. The zero-order chi connectivity index (χ0) is 11.8. The molecule has 1 aromatic rings. The van der Waals surface area contributed by atoms with Crippen molar-refractivity contribution in [3.8, 4) is 0 Å². The molecule has 2 heterocycles. The molecule has 0 aromatic carbocycles. The van der Waals surface area contributed by atoms with E-state index in [1.807, 2.05) is 0 Å². The molecule has 2 N–H and O–H groups in total. The number of aliphatic hydroxyl groups excluding tert-OH is 1. The van der Waals surface area contributed by atoms with E-state index in [1.54, 1.807) is 0 Å². The van der Waals surface area contributed by atoms with Crippen LogP contribution in [0.1, 0.15) is 19.1 Å². The van der Waals surface area contributed by atoms with E-state index < -0.39 is 22.5 Å². The van der Waals surface area contributed by atoms with Crippen LogP contribution in [0.25, 0.3) is 0 Å². The predicted molar refractivity (Wildman–Crippen MR) is 56.3 cm³/mol. The minimum absolute atomic E-state index is 0.316. The van der Waals surface area contributed by atoms with Crippen molar-refractivity contribution in [3.05, 3.63) is 33.1 Å². The Morgan fingerprint density at radius 2 is 2.44 bits per heavy atom. The van der Waals surface area contributed by atoms with Gasteiger partial charge in [-0.25, -0.2) is 4.79 Å². The van der Waals surface area contributed by atoms with Crippen LogP contribution in [0, 0.1) is 0 Å². The Bertz CT molecular complexity index is 497. The maximum absolute atomic E-state index is 11.4. The molecule has 0 bridgehead atoms. The molecule has 0 saturated carbocycles. The lowest BCUT2D eigenvalue weighted by Crippen LogP contribution is -2.33. The third kappa shape index (κ3) is 2.04. The summed E-state index contributed by atoms with van der Waals surface area (Å²) in [7, 11) is 0. The Hall–Kier alpha value is -1.11. The maximum atomic E-state index is 11.4. The van der Waals surface area contributed by atoms with E-state index in [4.69, 9.17) is 21.4 Å². The van der Waals surface area contributed by atoms with Gasteiger partial charge in [-0.3, -0.25) is 14.3 Å². The Morgan fingerprint density at radius 1 is 1.69 bits per heavy atom. The summed E-state index contributed by atoms with van der Waals surface area (Å²) >= 11 is 5.92. The lowest BCUT2D eigenvalue weighted by molar-refractivity contribution is -0.0500. The summed E-state index contributed by atoms with van der Waals surface area (Å²) < 4.78 is 6.61. The smallest absolute Gasteiger partial charge is 0.330 e. The van der Waals surface area contributed by atoms with Crippen LogP contribution in [0.3, 0.4) is 0 Å². The van der Waals surface area contributed by atoms with Crippen molar-refractivity contribution in [2.45, 2.75) is 24.1 Å². The molecule has 0 unspecified atom stereocenters. The van der Waals surface area contributed by atoms with Gasteiger partial charge >= 0.3 is 5.69 Å². The van der Waals surface area contributed by atoms with Crippen LogP contribution in [-0.4, -0.2) is 26.3 Å². The number of aliphatic hydroxyl groups is 1. The van der Waals surface area contributed by atoms with E-state index in [-0.39, 0.29) is 6.61 Å². The molecule has 1 fully saturated rings. The van der Waals surface area contributed by atoms with E-state index in [9.17, 15) is 9.59 Å². The number of H-pyrrole nitrogens is 1. The fraction of sp³-hybridized carbons (Fsp3) is 0.556. The molecule has 1 aromatic heterocycles. The zero-order valence-corrected chi connectivity index (χ0v) is 9.11. The normalized spacial score (nSPS) is 29.5. The molecule has 7 heteroatoms. The van der Waals surface area contributed by atoms with Gasteiger partial charge in [0.1, 0.15) is 6.23 Å². The second-order valence-corrected chi connectivity index (χ2v) is 4.36. The third-order valence-electron chi connectivity index (χ3n) is 2.51. The van der Waals surface area contributed by atoms with E-state index in [1.165, 1.54) is 16.8 Å². The highest BCUT2D eigenvalue weighted by Gasteiger charge is 2.39. The Morgan fingerprint density at radius 3 is 3.00 bits per heavy atom. The summed E-state index contributed by atoms with van der Waals surface area (Å²) in [6.07, 6.45) is 1.76. The van der Waals surface area contributed by atoms with E-state index in [0.29, 0.717) is 12.8 Å². The number of ether oxygens (including phenoxy) is 1. The molecular weight excluding hydrogens is 236 g/mol. The standard InChI is InChI=1S/C9H11ClN2O4/c10-9(5-13)3-1-7(16-9)12-4-2-6(14)11-8(12)15/h2,4,7,13H,1,3,5H2,(H,11,14,15)/t7-,9+/m1/s1. The van der Waals surface area contributed by atoms with Gasteiger partial charge in [0.2, 0.25) is 0 Å². The zero-order valence-electron chi connectivity index (χ0n) is 8.35. The molecule has 0 radical (unpaired) electrons. The first-order valence-electron chi connectivity index (χ1n) is 4.83. The number of nitrogens with zero attached hydrogens (tertiary/aromatic N) is 1. The second-order valence-electron chi connectivity index (χ2n) is 3.67. The van der Waals surface area contributed by atoms with Crippen molar-refractivity contribution in [2.24, 2.45) is 0 Å². The number of alkyl halides is 1. The first-order valence-corrected chi connectivity index (χ1v) is 5.21. The molecule has 6 nitrogen and oxygen atoms in total. The van der Waals surface area contributed by atoms with Crippen molar-refractivity contribution in [3.63, 3.8) is 0 Å². The van der Waals surface area contributed by atoms with Gasteiger partial charge in [-0.15, -0.1) is 0 Å². The Balaban J connectivity index is 2.27. The minimum atomic E-state index is -1.12. The molecule has 88 valence electrons. The summed E-state index contributed by atoms with van der Waals surface area (Å²) in [4.78, 5) is 24.4. The molecule has 0 aliphatic carbocycles. The summed E-state index contributed by atoms with van der Waals surface area (Å²) in [6.45, 7) is -0.316. The highest BCUT2D eigenvalue weighted by molar-refractivity contribution is 6.23. The van der Waals surface area contributed by atoms with Crippen molar-refractivity contribution in [1.82, 2.24) is 9.55 Å². The van der Waals surface area contributed by atoms with Crippen molar-refractivity contribution >= 4 is 11.6 Å². The van der Waals surface area contributed by atoms with Crippen LogP contribution in [0.4, 0.5) is 0 Å². The van der Waals surface area contributed by atoms with Gasteiger partial charge in [0.05, 0.1) is 6.61 Å². The van der Waals surface area contributed by atoms with Crippen molar-refractivity contribution in [2.75, 3.05) is 6.61 Å². The van der Waals surface area contributed by atoms with Gasteiger partial charge < -0.3 is 9.84 Å². The van der Waals surface area contributed by atoms with E-state index in [2.05, 4.69) is 4.98 Å². The van der Waals surface area contributed by atoms with Crippen molar-refractivity contribution in [1.29, 1.82) is 0 Å². The number of hydrogen-bond donors (Lipinski definition) is 2. The van der Waals surface area contributed by atoms with Gasteiger partial charge in [0.25, 0.3) is 5.56 Å². The largest absolute Gasteiger partial charge is 0.392 e. The number of aromatic nitrogens is 2. The molecular formula is C9H11ClN2O4. The summed E-state index contributed by atoms with van der Waals surface area (Å²) in [5, 5.41) is 7.88. The summed E-state index contributed by atoms with van der Waals surface area (Å²) in [5.41, 5.74) is -1.00. The number of aromatic amines is 1. The van der Waals surface area contributed by atoms with Gasteiger partial charge in [-0.05, 0) is 12.8 Å². The quantitative estimate of drug-likeness (QED) is 0.707. The highest BCUT2D eigenvalue weighted by atomic mass is 35.5. The molecule has 2 rings (SSSR count). The fourth-order valence-electron chi connectivity index (χ4n) is 1.67. The second kappa shape index (κ2) is 4.04. The van der Waals surface area contributed by atoms with Crippen LogP contribution >= 0.6 is 11.6 Å². The molecule has 16 heavy (non-hydrogen) atoms. The minimum Gasteiger partial charge on any atom is -0.392 e. The first-order chi connectivity index (χ1) is 7.54. The lowest BCUT2D eigenvalue weighted by Gasteiger charge is -2.20. The van der Waals surface area contributed by atoms with Crippen LogP contribution in [0.15, 0.2) is 21.9 Å². The van der Waals surface area contributed by atoms with Gasteiger partial charge in [0.15, 0.2) is 5.06 Å². The Labute approximate surface area is 95.4 Å². The number of rotatable bonds is 2. The topological polar surface area (TPSA) is 84.3 Å². The van der Waals surface area contributed by atoms with Gasteiger partial charge in [-0.2, -0.15) is 0 Å². The number of halogens is 1. The highest BCUT2D eigenvalue weighted by Crippen LogP contribution is 2.38. The molecule has 0 amide bonds. The molecule has 0 spiro atoms. The molecule has 1 aliphatic rings. The Kier molecular flexibility index (Phi) is 2.88. The molecule has 1 saturated heterocycles. The molecule has 1 aliphatic heterocycles. The predicted octanol–water partition coefficient (Wildman–Crippen LogP) is -0.227. The fourth-order valence-corrected chi connectivity index (χ4v) is 1.88. The van der Waals surface area contributed by atoms with E-state index in [0.717, 1.165) is 0 Å². The SMILES string of the molecule is O=c1ccn([C@H]2CC[C@@](Cl)(CO)O2)c(=O)[nH]1. The average molecular weight is 247 g/mol. The number of hydrogen-bond acceptors (Lipinski definition) is 4. The van der Waals surface area contributed by atoms with Crippen LogP contribution in [0.5, 0.6) is 0 Å². The average Bonchev–Trinajstić information content (AvgIpc) is 2.62. The summed E-state index contributed by atoms with van der Waals surface area (Å²) in [6, 6.07) is 1.23.